The Morgan fingerprint density at radius 2 is 1.76 bits per heavy atom. The minimum atomic E-state index is -3.46. The molecule has 2 heterocycles. The van der Waals surface area contributed by atoms with Crippen molar-refractivity contribution in [3.05, 3.63) is 59.1 Å². The molecule has 1 aromatic heterocycles. The molecule has 0 unspecified atom stereocenters. The number of benzene rings is 2. The molecule has 0 atom stereocenters. The normalized spacial score (nSPS) is 14.8. The number of aromatic nitrogens is 1. The van der Waals surface area contributed by atoms with Gasteiger partial charge in [-0.2, -0.15) is 0 Å². The molecule has 3 aromatic rings. The number of anilines is 1. The third-order valence-electron chi connectivity index (χ3n) is 5.89. The average Bonchev–Trinajstić information content (AvgIpc) is 3.32. The van der Waals surface area contributed by atoms with Gasteiger partial charge < -0.3 is 19.1 Å². The van der Waals surface area contributed by atoms with Gasteiger partial charge in [-0.3, -0.25) is 0 Å². The minimum absolute atomic E-state index is 0.272. The molecule has 0 spiro atoms. The fourth-order valence-electron chi connectivity index (χ4n) is 4.06. The first-order valence-corrected chi connectivity index (χ1v) is 13.2. The maximum Gasteiger partial charge on any atom is 0.185 e. The van der Waals surface area contributed by atoms with E-state index in [0.29, 0.717) is 37.4 Å². The zero-order valence-electron chi connectivity index (χ0n) is 19.0. The molecule has 0 amide bonds. The maximum absolute atomic E-state index is 13.2. The summed E-state index contributed by atoms with van der Waals surface area (Å²) in [5, 5.41) is 2.58. The van der Waals surface area contributed by atoms with Crippen molar-refractivity contribution in [2.24, 2.45) is 0 Å². The van der Waals surface area contributed by atoms with Crippen molar-refractivity contribution in [2.45, 2.75) is 29.4 Å². The van der Waals surface area contributed by atoms with E-state index >= 15 is 0 Å². The highest BCUT2D eigenvalue weighted by atomic mass is 32.2. The lowest BCUT2D eigenvalue weighted by Crippen LogP contribution is -2.39. The van der Waals surface area contributed by atoms with Crippen molar-refractivity contribution in [1.82, 2.24) is 4.98 Å². The summed E-state index contributed by atoms with van der Waals surface area (Å²) in [6, 6.07) is 12.8. The van der Waals surface area contributed by atoms with Crippen LogP contribution in [-0.4, -0.2) is 53.1 Å². The Bertz CT molecular complexity index is 1200. The van der Waals surface area contributed by atoms with Crippen LogP contribution in [0.1, 0.15) is 24.1 Å². The van der Waals surface area contributed by atoms with Gasteiger partial charge in [-0.15, -0.1) is 11.3 Å². The van der Waals surface area contributed by atoms with Gasteiger partial charge in [0.15, 0.2) is 26.5 Å². The molecule has 1 aliphatic rings. The average molecular weight is 489 g/mol. The lowest BCUT2D eigenvalue weighted by atomic mass is 10.1. The predicted octanol–water partition coefficient (Wildman–Crippen LogP) is 4.20. The Kier molecular flexibility index (Phi) is 7.09. The monoisotopic (exact) mass is 488 g/mol. The summed E-state index contributed by atoms with van der Waals surface area (Å²) in [5.74, 6) is 1.77. The Labute approximate surface area is 198 Å². The summed E-state index contributed by atoms with van der Waals surface area (Å²) >= 11 is 1.60. The second kappa shape index (κ2) is 10.0. The van der Waals surface area contributed by atoms with E-state index in [1.54, 1.807) is 36.6 Å². The van der Waals surface area contributed by atoms with Gasteiger partial charge in [0, 0.05) is 31.0 Å². The number of thiazole rings is 1. The topological polar surface area (TPSA) is 78.0 Å². The largest absolute Gasteiger partial charge is 0.497 e. The summed E-state index contributed by atoms with van der Waals surface area (Å²) in [6.45, 7) is 1.31. The number of nitrogens with zero attached hydrogens (tertiary/aromatic N) is 2. The molecular formula is C24H28N2O5S2. The third-order valence-corrected chi connectivity index (χ3v) is 9.10. The highest BCUT2D eigenvalue weighted by Gasteiger charge is 2.32. The predicted molar refractivity (Wildman–Crippen MR) is 130 cm³/mol. The fourth-order valence-corrected chi connectivity index (χ4v) is 6.68. The minimum Gasteiger partial charge on any atom is -0.497 e. The number of rotatable bonds is 8. The molecule has 0 bridgehead atoms. The van der Waals surface area contributed by atoms with Gasteiger partial charge in [0.2, 0.25) is 0 Å². The van der Waals surface area contributed by atoms with E-state index in [2.05, 4.69) is 16.3 Å². The Balaban J connectivity index is 1.41. The number of hydrogen-bond acceptors (Lipinski definition) is 8. The van der Waals surface area contributed by atoms with Crippen LogP contribution < -0.4 is 19.1 Å². The SMILES string of the molecule is COc1cccc(Cc2csc(N3CCC(S(=O)(=O)c4ccc(OC)c(OC)c4)CC3)n2)c1. The molecule has 0 radical (unpaired) electrons. The second-order valence-electron chi connectivity index (χ2n) is 7.90. The van der Waals surface area contributed by atoms with Crippen LogP contribution in [0.4, 0.5) is 5.13 Å². The van der Waals surface area contributed by atoms with E-state index in [1.807, 2.05) is 18.2 Å². The summed E-state index contributed by atoms with van der Waals surface area (Å²) in [6.07, 6.45) is 1.85. The molecule has 4 rings (SSSR count). The smallest absolute Gasteiger partial charge is 0.185 e. The second-order valence-corrected chi connectivity index (χ2v) is 11.0. The molecule has 0 saturated carbocycles. The summed E-state index contributed by atoms with van der Waals surface area (Å²) in [4.78, 5) is 7.25. The first-order valence-electron chi connectivity index (χ1n) is 10.7. The molecule has 176 valence electrons. The zero-order chi connectivity index (χ0) is 23.4. The van der Waals surface area contributed by atoms with Crippen molar-refractivity contribution < 1.29 is 22.6 Å². The van der Waals surface area contributed by atoms with Crippen LogP contribution in [0.3, 0.4) is 0 Å². The Morgan fingerprint density at radius 1 is 1.00 bits per heavy atom. The van der Waals surface area contributed by atoms with Gasteiger partial charge in [-0.25, -0.2) is 13.4 Å². The molecule has 1 fully saturated rings. The van der Waals surface area contributed by atoms with Gasteiger partial charge in [-0.1, -0.05) is 12.1 Å². The van der Waals surface area contributed by atoms with Crippen LogP contribution in [0.2, 0.25) is 0 Å². The number of piperidine rings is 1. The number of methoxy groups -OCH3 is 3. The summed E-state index contributed by atoms with van der Waals surface area (Å²) < 4.78 is 42.2. The number of sulfone groups is 1. The summed E-state index contributed by atoms with van der Waals surface area (Å²) in [5.41, 5.74) is 2.15. The van der Waals surface area contributed by atoms with Crippen molar-refractivity contribution in [3.8, 4) is 17.2 Å². The lowest BCUT2D eigenvalue weighted by Gasteiger charge is -2.31. The molecule has 33 heavy (non-hydrogen) atoms. The zero-order valence-corrected chi connectivity index (χ0v) is 20.6. The highest BCUT2D eigenvalue weighted by molar-refractivity contribution is 7.92. The molecule has 7 nitrogen and oxygen atoms in total. The molecule has 1 saturated heterocycles. The molecular weight excluding hydrogens is 460 g/mol. The van der Waals surface area contributed by atoms with Gasteiger partial charge in [0.05, 0.1) is 37.2 Å². The first kappa shape index (κ1) is 23.4. The van der Waals surface area contributed by atoms with E-state index in [0.717, 1.165) is 28.6 Å². The van der Waals surface area contributed by atoms with Crippen LogP contribution in [0.15, 0.2) is 52.7 Å². The Morgan fingerprint density at radius 3 is 2.45 bits per heavy atom. The molecule has 0 N–H and O–H groups in total. The third kappa shape index (κ3) is 5.09. The van der Waals surface area contributed by atoms with E-state index in [9.17, 15) is 8.42 Å². The van der Waals surface area contributed by atoms with Gasteiger partial charge in [0.25, 0.3) is 0 Å². The van der Waals surface area contributed by atoms with E-state index < -0.39 is 15.1 Å². The fraction of sp³-hybridized carbons (Fsp3) is 0.375. The van der Waals surface area contributed by atoms with Crippen LogP contribution in [-0.2, 0) is 16.3 Å². The van der Waals surface area contributed by atoms with E-state index in [-0.39, 0.29) is 4.90 Å². The van der Waals surface area contributed by atoms with E-state index in [1.165, 1.54) is 14.2 Å². The number of ether oxygens (including phenoxy) is 3. The van der Waals surface area contributed by atoms with Crippen molar-refractivity contribution in [3.63, 3.8) is 0 Å². The van der Waals surface area contributed by atoms with Crippen LogP contribution in [0.25, 0.3) is 0 Å². The Hall–Kier alpha value is -2.78. The molecule has 2 aromatic carbocycles. The van der Waals surface area contributed by atoms with Gasteiger partial charge in [-0.05, 0) is 42.7 Å². The van der Waals surface area contributed by atoms with Crippen LogP contribution in [0.5, 0.6) is 17.2 Å². The quantitative estimate of drug-likeness (QED) is 0.470. The standard InChI is InChI=1S/C24H28N2O5S2/c1-29-19-6-4-5-17(14-19)13-18-16-32-24(25-18)26-11-9-20(10-12-26)33(27,28)21-7-8-22(30-2)23(15-21)31-3/h4-8,14-16,20H,9-13H2,1-3H3. The van der Waals surface area contributed by atoms with E-state index in [4.69, 9.17) is 19.2 Å². The maximum atomic E-state index is 13.2. The van der Waals surface area contributed by atoms with Crippen molar-refractivity contribution in [1.29, 1.82) is 0 Å². The van der Waals surface area contributed by atoms with Crippen molar-refractivity contribution >= 4 is 26.3 Å². The van der Waals surface area contributed by atoms with Crippen LogP contribution in [0, 0.1) is 0 Å². The lowest BCUT2D eigenvalue weighted by molar-refractivity contribution is 0.354. The molecule has 9 heteroatoms. The van der Waals surface area contributed by atoms with Crippen LogP contribution >= 0.6 is 11.3 Å². The van der Waals surface area contributed by atoms with Gasteiger partial charge in [0.1, 0.15) is 5.75 Å². The molecule has 0 aliphatic carbocycles. The van der Waals surface area contributed by atoms with Crippen molar-refractivity contribution in [2.75, 3.05) is 39.3 Å². The highest BCUT2D eigenvalue weighted by Crippen LogP contribution is 2.34. The molecule has 1 aliphatic heterocycles. The first-order chi connectivity index (χ1) is 15.9. The number of hydrogen-bond donors (Lipinski definition) is 0. The summed E-state index contributed by atoms with van der Waals surface area (Å²) in [7, 11) is 1.24. The van der Waals surface area contributed by atoms with Gasteiger partial charge >= 0.3 is 0 Å².